The molecule has 3 aromatic rings. The van der Waals surface area contributed by atoms with Crippen molar-refractivity contribution < 1.29 is 24.0 Å². The maximum absolute atomic E-state index is 12.2. The summed E-state index contributed by atoms with van der Waals surface area (Å²) in [4.78, 5) is 34.5. The first-order valence-corrected chi connectivity index (χ1v) is 9.41. The first-order valence-electron chi connectivity index (χ1n) is 9.41. The van der Waals surface area contributed by atoms with Gasteiger partial charge in [0, 0.05) is 17.8 Å². The highest BCUT2D eigenvalue weighted by molar-refractivity contribution is 5.96. The molecule has 0 unspecified atom stereocenters. The van der Waals surface area contributed by atoms with Crippen molar-refractivity contribution >= 4 is 23.3 Å². The fourth-order valence-corrected chi connectivity index (χ4v) is 2.72. The SMILES string of the molecule is Cc1cc([N+](=O)[O-])ccc1NC(=O)COC(=O)c1ccc(COc2ccccc2)cc1. The molecule has 0 saturated heterocycles. The zero-order valence-corrected chi connectivity index (χ0v) is 16.7. The predicted octanol–water partition coefficient (Wildman–Crippen LogP) is 4.28. The lowest BCUT2D eigenvalue weighted by atomic mass is 10.1. The van der Waals surface area contributed by atoms with Crippen molar-refractivity contribution in [1.29, 1.82) is 0 Å². The standard InChI is InChI=1S/C23H20N2O6/c1-16-13-19(25(28)29)11-12-21(16)24-22(26)15-31-23(27)18-9-7-17(8-10-18)14-30-20-5-3-2-4-6-20/h2-13H,14-15H2,1H3,(H,24,26). The van der Waals surface area contributed by atoms with Crippen LogP contribution in [0.25, 0.3) is 0 Å². The van der Waals surface area contributed by atoms with Gasteiger partial charge in [0.2, 0.25) is 0 Å². The van der Waals surface area contributed by atoms with Crippen LogP contribution in [0.1, 0.15) is 21.5 Å². The third kappa shape index (κ3) is 6.14. The van der Waals surface area contributed by atoms with Gasteiger partial charge in [-0.3, -0.25) is 14.9 Å². The number of carbonyl (C=O) groups excluding carboxylic acids is 2. The molecule has 1 amide bonds. The number of nitrogens with zero attached hydrogens (tertiary/aromatic N) is 1. The second-order valence-corrected chi connectivity index (χ2v) is 6.68. The summed E-state index contributed by atoms with van der Waals surface area (Å²) in [5, 5.41) is 13.3. The summed E-state index contributed by atoms with van der Waals surface area (Å²) in [5.41, 5.74) is 2.06. The van der Waals surface area contributed by atoms with E-state index in [1.807, 2.05) is 30.3 Å². The largest absolute Gasteiger partial charge is 0.489 e. The second-order valence-electron chi connectivity index (χ2n) is 6.68. The van der Waals surface area contributed by atoms with Crippen LogP contribution in [0.2, 0.25) is 0 Å². The van der Waals surface area contributed by atoms with Crippen molar-refractivity contribution in [3.63, 3.8) is 0 Å². The van der Waals surface area contributed by atoms with E-state index in [-0.39, 0.29) is 5.69 Å². The minimum absolute atomic E-state index is 0.0699. The molecule has 3 aromatic carbocycles. The number of nitrogens with one attached hydrogen (secondary N) is 1. The highest BCUT2D eigenvalue weighted by atomic mass is 16.6. The molecule has 0 saturated carbocycles. The molecule has 0 aliphatic rings. The van der Waals surface area contributed by atoms with Gasteiger partial charge in [-0.25, -0.2) is 4.79 Å². The number of aryl methyl sites for hydroxylation is 1. The third-order valence-corrected chi connectivity index (χ3v) is 4.37. The number of hydrogen-bond donors (Lipinski definition) is 1. The number of non-ortho nitro benzene ring substituents is 1. The average Bonchev–Trinajstić information content (AvgIpc) is 2.78. The molecule has 0 aliphatic heterocycles. The Hall–Kier alpha value is -4.20. The summed E-state index contributed by atoms with van der Waals surface area (Å²) in [6, 6.07) is 20.2. The lowest BCUT2D eigenvalue weighted by Gasteiger charge is -2.09. The summed E-state index contributed by atoms with van der Waals surface area (Å²) in [6.45, 7) is 1.52. The number of esters is 1. The van der Waals surface area contributed by atoms with E-state index in [1.165, 1.54) is 18.2 Å². The van der Waals surface area contributed by atoms with Crippen molar-refractivity contribution in [1.82, 2.24) is 0 Å². The van der Waals surface area contributed by atoms with Gasteiger partial charge in [-0.05, 0) is 48.4 Å². The highest BCUT2D eigenvalue weighted by Crippen LogP contribution is 2.21. The van der Waals surface area contributed by atoms with E-state index in [0.29, 0.717) is 23.4 Å². The quantitative estimate of drug-likeness (QED) is 0.331. The Kier molecular flexibility index (Phi) is 6.95. The number of benzene rings is 3. The Morgan fingerprint density at radius 1 is 1.00 bits per heavy atom. The Morgan fingerprint density at radius 3 is 2.35 bits per heavy atom. The minimum atomic E-state index is -0.633. The van der Waals surface area contributed by atoms with Gasteiger partial charge >= 0.3 is 5.97 Å². The van der Waals surface area contributed by atoms with Gasteiger partial charge < -0.3 is 14.8 Å². The van der Waals surface area contributed by atoms with E-state index in [0.717, 1.165) is 11.3 Å². The molecule has 0 heterocycles. The summed E-state index contributed by atoms with van der Waals surface area (Å²) in [7, 11) is 0. The Bertz CT molecular complexity index is 1080. The second kappa shape index (κ2) is 10.0. The normalized spacial score (nSPS) is 10.2. The first-order chi connectivity index (χ1) is 14.9. The number of hydrogen-bond acceptors (Lipinski definition) is 6. The predicted molar refractivity (Wildman–Crippen MR) is 114 cm³/mol. The van der Waals surface area contributed by atoms with Crippen LogP contribution in [0, 0.1) is 17.0 Å². The van der Waals surface area contributed by atoms with Crippen molar-refractivity contribution in [2.75, 3.05) is 11.9 Å². The maximum Gasteiger partial charge on any atom is 0.338 e. The van der Waals surface area contributed by atoms with Gasteiger partial charge in [-0.1, -0.05) is 30.3 Å². The molecular formula is C23H20N2O6. The molecule has 0 bridgehead atoms. The number of para-hydroxylation sites is 1. The molecule has 158 valence electrons. The molecule has 0 aromatic heterocycles. The number of rotatable bonds is 8. The molecule has 0 spiro atoms. The van der Waals surface area contributed by atoms with Gasteiger partial charge in [-0.2, -0.15) is 0 Å². The molecular weight excluding hydrogens is 400 g/mol. The fraction of sp³-hybridized carbons (Fsp3) is 0.130. The first kappa shape index (κ1) is 21.5. The van der Waals surface area contributed by atoms with Crippen molar-refractivity contribution in [3.8, 4) is 5.75 Å². The molecule has 0 radical (unpaired) electrons. The molecule has 1 N–H and O–H groups in total. The average molecular weight is 420 g/mol. The highest BCUT2D eigenvalue weighted by Gasteiger charge is 2.13. The van der Waals surface area contributed by atoms with Crippen LogP contribution in [0.4, 0.5) is 11.4 Å². The molecule has 0 atom stereocenters. The maximum atomic E-state index is 12.2. The smallest absolute Gasteiger partial charge is 0.338 e. The molecule has 8 heteroatoms. The molecule has 0 fully saturated rings. The van der Waals surface area contributed by atoms with E-state index in [4.69, 9.17) is 9.47 Å². The summed E-state index contributed by atoms with van der Waals surface area (Å²) in [6.07, 6.45) is 0. The van der Waals surface area contributed by atoms with Crippen LogP contribution in [0.3, 0.4) is 0 Å². The Balaban J connectivity index is 1.48. The number of nitro groups is 1. The Morgan fingerprint density at radius 2 is 1.71 bits per heavy atom. The number of carbonyl (C=O) groups is 2. The van der Waals surface area contributed by atoms with E-state index in [1.54, 1.807) is 31.2 Å². The summed E-state index contributed by atoms with van der Waals surface area (Å²) in [5.74, 6) is -0.426. The lowest BCUT2D eigenvalue weighted by molar-refractivity contribution is -0.384. The minimum Gasteiger partial charge on any atom is -0.489 e. The molecule has 3 rings (SSSR count). The van der Waals surface area contributed by atoms with E-state index in [9.17, 15) is 19.7 Å². The van der Waals surface area contributed by atoms with Crippen molar-refractivity contribution in [3.05, 3.63) is 99.6 Å². The van der Waals surface area contributed by atoms with Gasteiger partial charge in [0.1, 0.15) is 12.4 Å². The number of anilines is 1. The molecule has 31 heavy (non-hydrogen) atoms. The van der Waals surface area contributed by atoms with Crippen LogP contribution in [0.15, 0.2) is 72.8 Å². The zero-order chi connectivity index (χ0) is 22.2. The van der Waals surface area contributed by atoms with E-state index in [2.05, 4.69) is 5.32 Å². The van der Waals surface area contributed by atoms with Crippen LogP contribution in [-0.2, 0) is 16.1 Å². The number of amides is 1. The van der Waals surface area contributed by atoms with Crippen LogP contribution < -0.4 is 10.1 Å². The van der Waals surface area contributed by atoms with Gasteiger partial charge in [0.25, 0.3) is 11.6 Å². The van der Waals surface area contributed by atoms with Crippen molar-refractivity contribution in [2.24, 2.45) is 0 Å². The van der Waals surface area contributed by atoms with Crippen molar-refractivity contribution in [2.45, 2.75) is 13.5 Å². The van der Waals surface area contributed by atoms with Crippen LogP contribution in [0.5, 0.6) is 5.75 Å². The topological polar surface area (TPSA) is 108 Å². The van der Waals surface area contributed by atoms with Gasteiger partial charge in [0.05, 0.1) is 10.5 Å². The Labute approximate surface area is 178 Å². The van der Waals surface area contributed by atoms with E-state index >= 15 is 0 Å². The lowest BCUT2D eigenvalue weighted by Crippen LogP contribution is -2.21. The third-order valence-electron chi connectivity index (χ3n) is 4.37. The van der Waals surface area contributed by atoms with E-state index < -0.39 is 23.4 Å². The van der Waals surface area contributed by atoms with Crippen LogP contribution in [-0.4, -0.2) is 23.4 Å². The van der Waals surface area contributed by atoms with Crippen LogP contribution >= 0.6 is 0 Å². The molecule has 8 nitrogen and oxygen atoms in total. The monoisotopic (exact) mass is 420 g/mol. The summed E-state index contributed by atoms with van der Waals surface area (Å²) >= 11 is 0. The molecule has 0 aliphatic carbocycles. The number of nitro benzene ring substituents is 1. The number of ether oxygens (including phenoxy) is 2. The summed E-state index contributed by atoms with van der Waals surface area (Å²) < 4.78 is 10.7. The van der Waals surface area contributed by atoms with Gasteiger partial charge in [-0.15, -0.1) is 0 Å². The zero-order valence-electron chi connectivity index (χ0n) is 16.7. The fourth-order valence-electron chi connectivity index (χ4n) is 2.72. The van der Waals surface area contributed by atoms with Gasteiger partial charge in [0.15, 0.2) is 6.61 Å².